The Morgan fingerprint density at radius 2 is 1.94 bits per heavy atom. The average Bonchev–Trinajstić information content (AvgIpc) is 2.82. The Bertz CT molecular complexity index is 1270. The molecule has 8 heteroatoms. The van der Waals surface area contributed by atoms with E-state index in [2.05, 4.69) is 32.6 Å². The van der Waals surface area contributed by atoms with Crippen molar-refractivity contribution in [1.29, 1.82) is 0 Å². The van der Waals surface area contributed by atoms with Crippen LogP contribution in [0.5, 0.6) is 5.75 Å². The van der Waals surface area contributed by atoms with Crippen LogP contribution >= 0.6 is 0 Å². The number of rotatable bonds is 4. The van der Waals surface area contributed by atoms with Crippen molar-refractivity contribution in [3.63, 3.8) is 0 Å². The predicted octanol–water partition coefficient (Wildman–Crippen LogP) is 2.72. The zero-order chi connectivity index (χ0) is 24.7. The van der Waals surface area contributed by atoms with Crippen molar-refractivity contribution in [3.8, 4) is 28.1 Å². The van der Waals surface area contributed by atoms with Gasteiger partial charge in [0.25, 0.3) is 5.56 Å². The summed E-state index contributed by atoms with van der Waals surface area (Å²) in [6.07, 6.45) is 7.26. The second-order valence-corrected chi connectivity index (χ2v) is 8.73. The van der Waals surface area contributed by atoms with E-state index in [1.165, 1.54) is 37.6 Å². The molecule has 1 aromatic carbocycles. The lowest BCUT2D eigenvalue weighted by molar-refractivity contribution is 0.219. The largest absolute Gasteiger partial charge is 0.507 e. The van der Waals surface area contributed by atoms with E-state index < -0.39 is 12.5 Å². The van der Waals surface area contributed by atoms with Gasteiger partial charge < -0.3 is 15.3 Å². The summed E-state index contributed by atoms with van der Waals surface area (Å²) in [5.74, 6) is 0.778. The van der Waals surface area contributed by atoms with Gasteiger partial charge in [-0.25, -0.2) is 4.68 Å². The number of hydrogen-bond acceptors (Lipinski definition) is 7. The molecule has 32 heavy (non-hydrogen) atoms. The molecule has 3 aromatic rings. The summed E-state index contributed by atoms with van der Waals surface area (Å²) in [5, 5.41) is 26.9. The van der Waals surface area contributed by atoms with E-state index in [0.29, 0.717) is 45.2 Å². The third-order valence-corrected chi connectivity index (χ3v) is 6.66. The molecule has 166 valence electrons. The van der Waals surface area contributed by atoms with Gasteiger partial charge in [0.15, 0.2) is 5.82 Å². The van der Waals surface area contributed by atoms with E-state index in [0.717, 1.165) is 18.7 Å². The van der Waals surface area contributed by atoms with E-state index in [1.807, 2.05) is 12.1 Å². The number of phenols is 1. The summed E-state index contributed by atoms with van der Waals surface area (Å²) in [7, 11) is 2.07. The molecular formula is C24H28N6O2. The number of aromatic nitrogens is 4. The van der Waals surface area contributed by atoms with E-state index in [-0.39, 0.29) is 5.75 Å². The molecule has 0 spiro atoms. The Hall–Kier alpha value is -3.26. The number of aryl methyl sites for hydroxylation is 1. The van der Waals surface area contributed by atoms with Crippen LogP contribution in [0.1, 0.15) is 36.2 Å². The molecule has 2 saturated heterocycles. The van der Waals surface area contributed by atoms with Crippen molar-refractivity contribution in [3.05, 3.63) is 52.9 Å². The fraction of sp³-hybridized carbons (Fsp3) is 0.417. The topological polar surface area (TPSA) is 96.2 Å². The molecule has 2 aromatic heterocycles. The summed E-state index contributed by atoms with van der Waals surface area (Å²) < 4.78 is 22.5. The van der Waals surface area contributed by atoms with Crippen molar-refractivity contribution in [2.75, 3.05) is 11.9 Å². The minimum atomic E-state index is -2.65. The quantitative estimate of drug-likeness (QED) is 0.650. The van der Waals surface area contributed by atoms with Crippen molar-refractivity contribution in [2.24, 2.45) is 6.98 Å². The molecule has 4 heterocycles. The lowest BCUT2D eigenvalue weighted by atomic mass is 9.83. The van der Waals surface area contributed by atoms with Crippen LogP contribution in [0.3, 0.4) is 0 Å². The number of piperidine rings is 2. The lowest BCUT2D eigenvalue weighted by Crippen LogP contribution is -2.54. The zero-order valence-electron chi connectivity index (χ0n) is 20.9. The molecule has 0 amide bonds. The molecule has 8 nitrogen and oxygen atoms in total. The summed E-state index contributed by atoms with van der Waals surface area (Å²) >= 11 is 0. The first-order valence-corrected chi connectivity index (χ1v) is 11.0. The Kier molecular flexibility index (Phi) is 4.52. The van der Waals surface area contributed by atoms with Gasteiger partial charge in [0, 0.05) is 53.5 Å². The number of aromatic hydroxyl groups is 1. The molecule has 0 saturated carbocycles. The van der Waals surface area contributed by atoms with Gasteiger partial charge >= 0.3 is 0 Å². The van der Waals surface area contributed by atoms with Gasteiger partial charge in [-0.1, -0.05) is 12.5 Å². The molecule has 2 bridgehead atoms. The van der Waals surface area contributed by atoms with Gasteiger partial charge in [0.1, 0.15) is 5.75 Å². The number of hydrogen-bond donors (Lipinski definition) is 2. The fourth-order valence-electron chi connectivity index (χ4n) is 4.89. The van der Waals surface area contributed by atoms with Crippen molar-refractivity contribution >= 4 is 5.82 Å². The first kappa shape index (κ1) is 17.3. The summed E-state index contributed by atoms with van der Waals surface area (Å²) in [6, 6.07) is 11.5. The second-order valence-electron chi connectivity index (χ2n) is 8.73. The molecule has 5 rings (SSSR count). The van der Waals surface area contributed by atoms with Crippen LogP contribution in [-0.4, -0.2) is 50.3 Å². The van der Waals surface area contributed by atoms with Crippen LogP contribution in [0.25, 0.3) is 22.4 Å². The maximum atomic E-state index is 12.1. The third kappa shape index (κ3) is 3.98. The smallest absolute Gasteiger partial charge is 0.267 e. The van der Waals surface area contributed by atoms with Crippen LogP contribution < -0.4 is 15.8 Å². The van der Waals surface area contributed by atoms with E-state index >= 15 is 0 Å². The van der Waals surface area contributed by atoms with Gasteiger partial charge in [-0.05, 0) is 55.5 Å². The fourth-order valence-corrected chi connectivity index (χ4v) is 4.89. The molecular weight excluding hydrogens is 404 g/mol. The van der Waals surface area contributed by atoms with Crippen molar-refractivity contribution in [2.45, 2.75) is 50.2 Å². The molecule has 2 fully saturated rings. The Balaban J connectivity index is 1.34. The first-order valence-electron chi connectivity index (χ1n) is 12.5. The van der Waals surface area contributed by atoms with Crippen LogP contribution in [0.2, 0.25) is 0 Å². The van der Waals surface area contributed by atoms with Gasteiger partial charge in [-0.2, -0.15) is 5.10 Å². The highest BCUT2D eigenvalue weighted by atomic mass is 16.3. The molecule has 2 atom stereocenters. The SMILES string of the molecule is [2H]C([2H])([2H])n1ncc(-c2ccc(-c3ccc(N(C)C4C[C@@H]5CCC[C@@H](C4)N5)nn3)c(O)c2)cc1=O. The Morgan fingerprint density at radius 1 is 1.12 bits per heavy atom. The van der Waals surface area contributed by atoms with Crippen LogP contribution in [0.4, 0.5) is 5.82 Å². The molecule has 0 unspecified atom stereocenters. The summed E-state index contributed by atoms with van der Waals surface area (Å²) in [5.41, 5.74) is 1.25. The second kappa shape index (κ2) is 8.35. The van der Waals surface area contributed by atoms with Gasteiger partial charge in [0.05, 0.1) is 11.9 Å². The number of nitrogens with zero attached hydrogens (tertiary/aromatic N) is 5. The highest BCUT2D eigenvalue weighted by molar-refractivity contribution is 5.74. The highest BCUT2D eigenvalue weighted by Gasteiger charge is 2.33. The third-order valence-electron chi connectivity index (χ3n) is 6.66. The normalized spacial score (nSPS) is 24.3. The lowest BCUT2D eigenvalue weighted by Gasteiger charge is -2.43. The molecule has 0 radical (unpaired) electrons. The number of benzene rings is 1. The number of nitrogens with one attached hydrogen (secondary N) is 1. The van der Waals surface area contributed by atoms with E-state index in [9.17, 15) is 9.90 Å². The monoisotopic (exact) mass is 435 g/mol. The average molecular weight is 436 g/mol. The minimum absolute atomic E-state index is 0.0240. The number of phenolic OH excluding ortho intramolecular Hbond substituents is 1. The Labute approximate surface area is 191 Å². The van der Waals surface area contributed by atoms with E-state index in [1.54, 1.807) is 12.1 Å². The number of fused-ring (bicyclic) bond motifs is 2. The first-order chi connectivity index (χ1) is 16.7. The van der Waals surface area contributed by atoms with Crippen molar-refractivity contribution < 1.29 is 9.22 Å². The zero-order valence-corrected chi connectivity index (χ0v) is 17.9. The van der Waals surface area contributed by atoms with Crippen LogP contribution in [-0.2, 0) is 6.98 Å². The standard InChI is InChI=1S/C24H28N6O2/c1-29(19-12-17-4-3-5-18(13-19)26-17)23-9-8-21(27-28-23)20-7-6-15(10-22(20)31)16-11-24(32)30(2)25-14-16/h6-11,14,17-19,26,31H,3-5,12-13H2,1-2H3/t17-,18-/m0/s1/i2D3. The highest BCUT2D eigenvalue weighted by Crippen LogP contribution is 2.33. The predicted molar refractivity (Wildman–Crippen MR) is 124 cm³/mol. The Morgan fingerprint density at radius 3 is 2.59 bits per heavy atom. The molecule has 2 aliphatic heterocycles. The van der Waals surface area contributed by atoms with Gasteiger partial charge in [0.2, 0.25) is 0 Å². The summed E-state index contributed by atoms with van der Waals surface area (Å²) in [6.45, 7) is -2.65. The number of anilines is 1. The van der Waals surface area contributed by atoms with Gasteiger partial charge in [-0.3, -0.25) is 4.79 Å². The molecule has 2 N–H and O–H groups in total. The van der Waals surface area contributed by atoms with Crippen LogP contribution in [0.15, 0.2) is 47.4 Å². The van der Waals surface area contributed by atoms with Crippen molar-refractivity contribution in [1.82, 2.24) is 25.3 Å². The van der Waals surface area contributed by atoms with E-state index in [4.69, 9.17) is 4.11 Å². The molecule has 2 aliphatic rings. The van der Waals surface area contributed by atoms with Crippen LogP contribution in [0, 0.1) is 0 Å². The molecule has 0 aliphatic carbocycles. The summed E-state index contributed by atoms with van der Waals surface area (Å²) in [4.78, 5) is 14.4. The van der Waals surface area contributed by atoms with Gasteiger partial charge in [-0.15, -0.1) is 10.2 Å². The minimum Gasteiger partial charge on any atom is -0.507 e. The maximum Gasteiger partial charge on any atom is 0.267 e. The maximum absolute atomic E-state index is 12.1.